The van der Waals surface area contributed by atoms with E-state index in [9.17, 15) is 14.0 Å². The van der Waals surface area contributed by atoms with Crippen LogP contribution in [0.15, 0.2) is 29.6 Å². The Balaban J connectivity index is 1.70. The average Bonchev–Trinajstić information content (AvgIpc) is 3.16. The molecule has 1 aromatic heterocycles. The number of rotatable bonds is 4. The van der Waals surface area contributed by atoms with Gasteiger partial charge < -0.3 is 10.0 Å². The minimum Gasteiger partial charge on any atom is -0.480 e. The Kier molecular flexibility index (Phi) is 4.38. The predicted octanol–water partition coefficient (Wildman–Crippen LogP) is 2.57. The van der Waals surface area contributed by atoms with E-state index in [2.05, 4.69) is 4.98 Å². The number of hydrogen-bond donors (Lipinski definition) is 1. The molecule has 0 saturated carbocycles. The topological polar surface area (TPSA) is 70.5 Å². The monoisotopic (exact) mass is 334 g/mol. The lowest BCUT2D eigenvalue weighted by atomic mass is 10.2. The van der Waals surface area contributed by atoms with Gasteiger partial charge in [0, 0.05) is 17.5 Å². The van der Waals surface area contributed by atoms with Gasteiger partial charge in [0.15, 0.2) is 0 Å². The van der Waals surface area contributed by atoms with Gasteiger partial charge in [0.2, 0.25) is 5.91 Å². The lowest BCUT2D eigenvalue weighted by Crippen LogP contribution is -2.41. The van der Waals surface area contributed by atoms with E-state index in [1.165, 1.54) is 28.4 Å². The highest BCUT2D eigenvalue weighted by Crippen LogP contribution is 2.24. The van der Waals surface area contributed by atoms with Crippen LogP contribution in [0.3, 0.4) is 0 Å². The molecule has 5 nitrogen and oxygen atoms in total. The third-order valence-corrected chi connectivity index (χ3v) is 4.70. The molecule has 1 fully saturated rings. The number of carboxylic acids is 1. The first-order valence-corrected chi connectivity index (χ1v) is 8.15. The maximum Gasteiger partial charge on any atom is 0.326 e. The molecule has 2 aromatic rings. The van der Waals surface area contributed by atoms with Gasteiger partial charge in [-0.3, -0.25) is 4.79 Å². The number of likely N-dealkylation sites (tertiary alicyclic amines) is 1. The van der Waals surface area contributed by atoms with Gasteiger partial charge in [0.05, 0.1) is 12.1 Å². The van der Waals surface area contributed by atoms with Gasteiger partial charge in [-0.2, -0.15) is 0 Å². The number of carbonyl (C=O) groups is 2. The lowest BCUT2D eigenvalue weighted by Gasteiger charge is -2.20. The lowest BCUT2D eigenvalue weighted by molar-refractivity contribution is -0.148. The zero-order valence-electron chi connectivity index (χ0n) is 12.2. The second-order valence-corrected chi connectivity index (χ2v) is 6.34. The second kappa shape index (κ2) is 6.45. The van der Waals surface area contributed by atoms with Crippen molar-refractivity contribution in [3.63, 3.8) is 0 Å². The van der Waals surface area contributed by atoms with Crippen LogP contribution in [0, 0.1) is 5.82 Å². The van der Waals surface area contributed by atoms with Crippen LogP contribution in [-0.2, 0) is 16.0 Å². The zero-order valence-corrected chi connectivity index (χ0v) is 13.1. The summed E-state index contributed by atoms with van der Waals surface area (Å²) >= 11 is 1.35. The number of carbonyl (C=O) groups excluding carboxylic acids is 1. The van der Waals surface area contributed by atoms with Gasteiger partial charge in [-0.25, -0.2) is 14.2 Å². The van der Waals surface area contributed by atoms with Crippen molar-refractivity contribution in [1.29, 1.82) is 0 Å². The molecule has 0 spiro atoms. The number of carboxylic acid groups (broad SMARTS) is 1. The van der Waals surface area contributed by atoms with Crippen molar-refractivity contribution in [3.8, 4) is 11.3 Å². The van der Waals surface area contributed by atoms with Crippen molar-refractivity contribution >= 4 is 23.2 Å². The fraction of sp³-hybridized carbons (Fsp3) is 0.312. The summed E-state index contributed by atoms with van der Waals surface area (Å²) in [6.07, 6.45) is 1.30. The molecule has 1 amide bonds. The molecular formula is C16H15FN2O3S. The maximum atomic E-state index is 12.9. The Hall–Kier alpha value is -2.28. The van der Waals surface area contributed by atoms with E-state index in [1.807, 2.05) is 5.38 Å². The molecule has 7 heteroatoms. The van der Waals surface area contributed by atoms with E-state index in [0.717, 1.165) is 5.56 Å². The first-order valence-electron chi connectivity index (χ1n) is 7.27. The summed E-state index contributed by atoms with van der Waals surface area (Å²) in [5, 5.41) is 11.6. The highest BCUT2D eigenvalue weighted by Gasteiger charge is 2.34. The molecule has 0 radical (unpaired) electrons. The van der Waals surface area contributed by atoms with E-state index in [-0.39, 0.29) is 18.1 Å². The SMILES string of the molecule is O=C(O)[C@@H]1CCCN1C(=O)Cc1nc(-c2ccc(F)cc2)cs1. The van der Waals surface area contributed by atoms with Crippen LogP contribution < -0.4 is 0 Å². The summed E-state index contributed by atoms with van der Waals surface area (Å²) in [6, 6.07) is 5.27. The Morgan fingerprint density at radius 1 is 1.35 bits per heavy atom. The molecule has 1 aliphatic heterocycles. The van der Waals surface area contributed by atoms with Crippen molar-refractivity contribution < 1.29 is 19.1 Å². The Bertz CT molecular complexity index is 729. The molecule has 0 aliphatic carbocycles. The number of amides is 1. The van der Waals surface area contributed by atoms with E-state index < -0.39 is 12.0 Å². The molecule has 1 saturated heterocycles. The van der Waals surface area contributed by atoms with E-state index >= 15 is 0 Å². The van der Waals surface area contributed by atoms with Crippen LogP contribution in [0.4, 0.5) is 4.39 Å². The van der Waals surface area contributed by atoms with Crippen LogP contribution in [0.2, 0.25) is 0 Å². The van der Waals surface area contributed by atoms with Crippen molar-refractivity contribution in [2.45, 2.75) is 25.3 Å². The minimum absolute atomic E-state index is 0.0929. The Morgan fingerprint density at radius 2 is 2.09 bits per heavy atom. The fourth-order valence-corrected chi connectivity index (χ4v) is 3.49. The highest BCUT2D eigenvalue weighted by atomic mass is 32.1. The van der Waals surface area contributed by atoms with Crippen molar-refractivity contribution in [2.24, 2.45) is 0 Å². The summed E-state index contributed by atoms with van der Waals surface area (Å²) in [7, 11) is 0. The number of aliphatic carboxylic acids is 1. The molecule has 0 unspecified atom stereocenters. The number of nitrogens with zero attached hydrogens (tertiary/aromatic N) is 2. The summed E-state index contributed by atoms with van der Waals surface area (Å²) < 4.78 is 12.9. The van der Waals surface area contributed by atoms with Gasteiger partial charge in [0.1, 0.15) is 16.9 Å². The average molecular weight is 334 g/mol. The molecule has 1 atom stereocenters. The number of thiazole rings is 1. The van der Waals surface area contributed by atoms with E-state index in [1.54, 1.807) is 12.1 Å². The van der Waals surface area contributed by atoms with Gasteiger partial charge in [-0.1, -0.05) is 0 Å². The van der Waals surface area contributed by atoms with E-state index in [0.29, 0.717) is 30.1 Å². The Labute approximate surface area is 136 Å². The Morgan fingerprint density at radius 3 is 2.78 bits per heavy atom. The summed E-state index contributed by atoms with van der Waals surface area (Å²) in [5.74, 6) is -1.48. The molecule has 23 heavy (non-hydrogen) atoms. The van der Waals surface area contributed by atoms with Crippen LogP contribution in [0.5, 0.6) is 0 Å². The van der Waals surface area contributed by atoms with Crippen molar-refractivity contribution in [1.82, 2.24) is 9.88 Å². The molecule has 3 rings (SSSR count). The summed E-state index contributed by atoms with van der Waals surface area (Å²) in [6.45, 7) is 0.478. The van der Waals surface area contributed by atoms with Gasteiger partial charge in [0.25, 0.3) is 0 Å². The molecular weight excluding hydrogens is 319 g/mol. The van der Waals surface area contributed by atoms with Crippen LogP contribution in [0.25, 0.3) is 11.3 Å². The van der Waals surface area contributed by atoms with Crippen molar-refractivity contribution in [2.75, 3.05) is 6.54 Å². The first-order chi connectivity index (χ1) is 11.0. The van der Waals surface area contributed by atoms with Crippen LogP contribution >= 0.6 is 11.3 Å². The van der Waals surface area contributed by atoms with Crippen LogP contribution in [0.1, 0.15) is 17.8 Å². The first kappa shape index (κ1) is 15.6. The predicted molar refractivity (Wildman–Crippen MR) is 83.6 cm³/mol. The molecule has 120 valence electrons. The third-order valence-electron chi connectivity index (χ3n) is 3.85. The van der Waals surface area contributed by atoms with Crippen molar-refractivity contribution in [3.05, 3.63) is 40.5 Å². The maximum absolute atomic E-state index is 12.9. The smallest absolute Gasteiger partial charge is 0.326 e. The number of aromatic nitrogens is 1. The molecule has 1 aliphatic rings. The second-order valence-electron chi connectivity index (χ2n) is 5.39. The van der Waals surface area contributed by atoms with Gasteiger partial charge in [-0.05, 0) is 37.1 Å². The number of benzene rings is 1. The van der Waals surface area contributed by atoms with Gasteiger partial charge >= 0.3 is 5.97 Å². The normalized spacial score (nSPS) is 17.4. The number of halogens is 1. The highest BCUT2D eigenvalue weighted by molar-refractivity contribution is 7.10. The summed E-state index contributed by atoms with van der Waals surface area (Å²) in [5.41, 5.74) is 1.47. The molecule has 1 N–H and O–H groups in total. The quantitative estimate of drug-likeness (QED) is 0.933. The van der Waals surface area contributed by atoms with Crippen LogP contribution in [-0.4, -0.2) is 39.5 Å². The summed E-state index contributed by atoms with van der Waals surface area (Å²) in [4.78, 5) is 29.3. The zero-order chi connectivity index (χ0) is 16.4. The fourth-order valence-electron chi connectivity index (χ4n) is 2.70. The molecule has 2 heterocycles. The van der Waals surface area contributed by atoms with Gasteiger partial charge in [-0.15, -0.1) is 11.3 Å². The standard InChI is InChI=1S/C16H15FN2O3S/c17-11-5-3-10(4-6-11)12-9-23-14(18-12)8-15(20)19-7-1-2-13(19)16(21)22/h3-6,9,13H,1-2,7-8H2,(H,21,22)/t13-/m0/s1. The minimum atomic E-state index is -0.956. The molecule has 1 aromatic carbocycles. The molecule has 0 bridgehead atoms. The third kappa shape index (κ3) is 3.39. The largest absolute Gasteiger partial charge is 0.480 e. The van der Waals surface area contributed by atoms with E-state index in [4.69, 9.17) is 5.11 Å². The number of hydrogen-bond acceptors (Lipinski definition) is 4.